The van der Waals surface area contributed by atoms with Gasteiger partial charge >= 0.3 is 5.97 Å². The van der Waals surface area contributed by atoms with Crippen molar-refractivity contribution in [2.75, 3.05) is 18.6 Å². The molecule has 0 N–H and O–H groups in total. The third-order valence-corrected chi connectivity index (χ3v) is 4.61. The molecule has 1 saturated heterocycles. The largest absolute Gasteiger partial charge is 0.465 e. The molecule has 0 amide bonds. The lowest BCUT2D eigenvalue weighted by atomic mass is 10.0. The molecule has 0 spiro atoms. The van der Waals surface area contributed by atoms with E-state index in [4.69, 9.17) is 4.74 Å². The molecular formula is C14H16N2O2S. The number of esters is 1. The highest BCUT2D eigenvalue weighted by Crippen LogP contribution is 2.31. The third-order valence-electron chi connectivity index (χ3n) is 3.56. The predicted octanol–water partition coefficient (Wildman–Crippen LogP) is 2.73. The number of pyridine rings is 1. The first-order valence-electron chi connectivity index (χ1n) is 6.42. The number of methoxy groups -OCH3 is 1. The van der Waals surface area contributed by atoms with Crippen molar-refractivity contribution in [3.8, 4) is 0 Å². The summed E-state index contributed by atoms with van der Waals surface area (Å²) in [6, 6.07) is 3.70. The quantitative estimate of drug-likeness (QED) is 0.791. The lowest BCUT2D eigenvalue weighted by Crippen LogP contribution is -2.12. The Morgan fingerprint density at radius 3 is 2.95 bits per heavy atom. The molecule has 0 bridgehead atoms. The minimum absolute atomic E-state index is 0.305. The molecule has 1 fully saturated rings. The summed E-state index contributed by atoms with van der Waals surface area (Å²) in [6.07, 6.45) is 6.03. The van der Waals surface area contributed by atoms with Crippen LogP contribution in [0.25, 0.3) is 5.52 Å². The average molecular weight is 276 g/mol. The Bertz CT molecular complexity index is 603. The van der Waals surface area contributed by atoms with Crippen molar-refractivity contribution in [2.24, 2.45) is 0 Å². The van der Waals surface area contributed by atoms with Crippen LogP contribution in [0.1, 0.15) is 34.9 Å². The summed E-state index contributed by atoms with van der Waals surface area (Å²) in [5.41, 5.74) is 1.60. The molecule has 3 rings (SSSR count). The maximum absolute atomic E-state index is 11.6. The van der Waals surface area contributed by atoms with Gasteiger partial charge in [-0.2, -0.15) is 11.8 Å². The summed E-state index contributed by atoms with van der Waals surface area (Å²) in [5.74, 6) is 3.64. The van der Waals surface area contributed by atoms with Crippen molar-refractivity contribution in [3.05, 3.63) is 35.9 Å². The molecule has 2 aromatic heterocycles. The molecule has 100 valence electrons. The van der Waals surface area contributed by atoms with Crippen LogP contribution in [0.15, 0.2) is 24.5 Å². The molecule has 3 heterocycles. The van der Waals surface area contributed by atoms with Crippen molar-refractivity contribution in [1.82, 2.24) is 9.38 Å². The molecule has 0 radical (unpaired) electrons. The van der Waals surface area contributed by atoms with Crippen LogP contribution in [0.2, 0.25) is 0 Å². The van der Waals surface area contributed by atoms with Gasteiger partial charge in [0.05, 0.1) is 24.4 Å². The number of fused-ring (bicyclic) bond motifs is 1. The Kier molecular flexibility index (Phi) is 3.46. The molecule has 0 aliphatic carbocycles. The molecule has 2 aromatic rings. The van der Waals surface area contributed by atoms with E-state index in [1.807, 2.05) is 34.6 Å². The second-order valence-electron chi connectivity index (χ2n) is 4.71. The van der Waals surface area contributed by atoms with Crippen molar-refractivity contribution < 1.29 is 9.53 Å². The highest BCUT2D eigenvalue weighted by atomic mass is 32.2. The van der Waals surface area contributed by atoms with E-state index in [9.17, 15) is 4.79 Å². The number of rotatable bonds is 2. The number of nitrogens with zero attached hydrogens (tertiary/aromatic N) is 2. The number of thioether (sulfide) groups is 1. The Labute approximate surface area is 116 Å². The fraction of sp³-hybridized carbons (Fsp3) is 0.429. The zero-order valence-electron chi connectivity index (χ0n) is 10.8. The van der Waals surface area contributed by atoms with Gasteiger partial charge in [0.15, 0.2) is 0 Å². The van der Waals surface area contributed by atoms with Gasteiger partial charge in [0.25, 0.3) is 0 Å². The van der Waals surface area contributed by atoms with Crippen LogP contribution in [-0.4, -0.2) is 34.0 Å². The standard InChI is InChI=1S/C14H16N2O2S/c1-18-14(17)11-2-3-12-8-15-13(16(12)9-11)10-4-6-19-7-5-10/h2-3,8-10H,4-7H2,1H3. The first-order valence-corrected chi connectivity index (χ1v) is 7.58. The van der Waals surface area contributed by atoms with Crippen LogP contribution >= 0.6 is 11.8 Å². The van der Waals surface area contributed by atoms with E-state index in [2.05, 4.69) is 4.98 Å². The Morgan fingerprint density at radius 1 is 1.42 bits per heavy atom. The first kappa shape index (κ1) is 12.5. The fourth-order valence-corrected chi connectivity index (χ4v) is 3.61. The SMILES string of the molecule is COC(=O)c1ccc2cnc(C3CCSCC3)n2c1. The van der Waals surface area contributed by atoms with Crippen molar-refractivity contribution in [2.45, 2.75) is 18.8 Å². The Hall–Kier alpha value is -1.49. The van der Waals surface area contributed by atoms with Crippen LogP contribution < -0.4 is 0 Å². The number of carbonyl (C=O) groups excluding carboxylic acids is 1. The van der Waals surface area contributed by atoms with Gasteiger partial charge < -0.3 is 9.14 Å². The second-order valence-corrected chi connectivity index (χ2v) is 5.93. The lowest BCUT2D eigenvalue weighted by molar-refractivity contribution is 0.0600. The molecular weight excluding hydrogens is 260 g/mol. The summed E-state index contributed by atoms with van der Waals surface area (Å²) in [5, 5.41) is 0. The third kappa shape index (κ3) is 2.34. The number of hydrogen-bond donors (Lipinski definition) is 0. The number of hydrogen-bond acceptors (Lipinski definition) is 4. The van der Waals surface area contributed by atoms with Crippen LogP contribution in [0.5, 0.6) is 0 Å². The minimum Gasteiger partial charge on any atom is -0.465 e. The molecule has 0 aromatic carbocycles. The molecule has 1 aliphatic heterocycles. The first-order chi connectivity index (χ1) is 9.29. The Balaban J connectivity index is 2.02. The van der Waals surface area contributed by atoms with Crippen LogP contribution in [0, 0.1) is 0 Å². The van der Waals surface area contributed by atoms with E-state index in [1.54, 1.807) is 6.07 Å². The summed E-state index contributed by atoms with van der Waals surface area (Å²) in [6.45, 7) is 0. The summed E-state index contributed by atoms with van der Waals surface area (Å²) in [4.78, 5) is 16.2. The van der Waals surface area contributed by atoms with Gasteiger partial charge in [-0.1, -0.05) is 0 Å². The van der Waals surface area contributed by atoms with Crippen LogP contribution in [0.3, 0.4) is 0 Å². The second kappa shape index (κ2) is 5.25. The van der Waals surface area contributed by atoms with Crippen molar-refractivity contribution in [3.63, 3.8) is 0 Å². The monoisotopic (exact) mass is 276 g/mol. The predicted molar refractivity (Wildman–Crippen MR) is 75.8 cm³/mol. The summed E-state index contributed by atoms with van der Waals surface area (Å²) < 4.78 is 6.81. The van der Waals surface area contributed by atoms with E-state index in [1.165, 1.54) is 18.6 Å². The van der Waals surface area contributed by atoms with Crippen LogP contribution in [0.4, 0.5) is 0 Å². The molecule has 4 nitrogen and oxygen atoms in total. The van der Waals surface area contributed by atoms with Crippen LogP contribution in [-0.2, 0) is 4.74 Å². The van der Waals surface area contributed by atoms with Gasteiger partial charge in [0.1, 0.15) is 5.82 Å². The van der Waals surface area contributed by atoms with E-state index >= 15 is 0 Å². The highest BCUT2D eigenvalue weighted by molar-refractivity contribution is 7.99. The van der Waals surface area contributed by atoms with E-state index < -0.39 is 0 Å². The minimum atomic E-state index is -0.305. The van der Waals surface area contributed by atoms with Crippen molar-refractivity contribution in [1.29, 1.82) is 0 Å². The number of ether oxygens (including phenoxy) is 1. The number of imidazole rings is 1. The topological polar surface area (TPSA) is 43.6 Å². The summed E-state index contributed by atoms with van der Waals surface area (Å²) >= 11 is 2.00. The average Bonchev–Trinajstić information content (AvgIpc) is 2.90. The zero-order chi connectivity index (χ0) is 13.2. The van der Waals surface area contributed by atoms with Gasteiger partial charge in [-0.15, -0.1) is 0 Å². The molecule has 5 heteroatoms. The fourth-order valence-electron chi connectivity index (χ4n) is 2.51. The molecule has 0 unspecified atom stereocenters. The normalized spacial score (nSPS) is 16.7. The van der Waals surface area contributed by atoms with Gasteiger partial charge in [-0.05, 0) is 36.5 Å². The van der Waals surface area contributed by atoms with E-state index in [0.717, 1.165) is 24.2 Å². The molecule has 19 heavy (non-hydrogen) atoms. The maximum Gasteiger partial charge on any atom is 0.339 e. The number of aromatic nitrogens is 2. The molecule has 0 saturated carbocycles. The van der Waals surface area contributed by atoms with Gasteiger partial charge in [0, 0.05) is 12.1 Å². The van der Waals surface area contributed by atoms with Gasteiger partial charge in [-0.3, -0.25) is 0 Å². The molecule has 0 atom stereocenters. The number of carbonyl (C=O) groups is 1. The molecule has 1 aliphatic rings. The van der Waals surface area contributed by atoms with E-state index in [-0.39, 0.29) is 5.97 Å². The van der Waals surface area contributed by atoms with E-state index in [0.29, 0.717) is 11.5 Å². The smallest absolute Gasteiger partial charge is 0.339 e. The highest BCUT2D eigenvalue weighted by Gasteiger charge is 2.20. The summed E-state index contributed by atoms with van der Waals surface area (Å²) in [7, 11) is 1.40. The Morgan fingerprint density at radius 2 is 2.21 bits per heavy atom. The van der Waals surface area contributed by atoms with Gasteiger partial charge in [-0.25, -0.2) is 9.78 Å². The van der Waals surface area contributed by atoms with Gasteiger partial charge in [0.2, 0.25) is 0 Å². The maximum atomic E-state index is 11.6. The van der Waals surface area contributed by atoms with Crippen molar-refractivity contribution >= 4 is 23.2 Å². The zero-order valence-corrected chi connectivity index (χ0v) is 11.7. The lowest BCUT2D eigenvalue weighted by Gasteiger charge is -2.20.